The quantitative estimate of drug-likeness (QED) is 0.518. The maximum atomic E-state index is 12.8. The Kier molecular flexibility index (Phi) is 6.20. The monoisotopic (exact) mass is 467 g/mol. The molecular formula is C23H24B3N5O2S. The number of nitrogens with two attached hydrogens (primary N) is 1. The van der Waals surface area contributed by atoms with Gasteiger partial charge in [0.05, 0.1) is 53.1 Å². The number of rotatable bonds is 6. The summed E-state index contributed by atoms with van der Waals surface area (Å²) in [5.41, 5.74) is 8.19. The summed E-state index contributed by atoms with van der Waals surface area (Å²) >= 11 is 0. The molecule has 0 amide bonds. The topological polar surface area (TPSA) is 93.4 Å². The van der Waals surface area contributed by atoms with Gasteiger partial charge in [0.1, 0.15) is 5.82 Å². The van der Waals surface area contributed by atoms with Crippen LogP contribution in [0.2, 0.25) is 0 Å². The van der Waals surface area contributed by atoms with Crippen LogP contribution >= 0.6 is 0 Å². The van der Waals surface area contributed by atoms with Crippen molar-refractivity contribution in [1.82, 2.24) is 9.97 Å². The molecule has 3 aromatic rings. The van der Waals surface area contributed by atoms with Gasteiger partial charge >= 0.3 is 0 Å². The number of ether oxygens (including phenoxy) is 1. The number of nitrogens with zero attached hydrogens (tertiary/aromatic N) is 3. The van der Waals surface area contributed by atoms with E-state index in [4.69, 9.17) is 44.0 Å². The molecule has 3 N–H and O–H groups in total. The summed E-state index contributed by atoms with van der Waals surface area (Å²) in [6.07, 6.45) is 0. The highest BCUT2D eigenvalue weighted by Gasteiger charge is 2.37. The maximum Gasteiger partial charge on any atom is 0.228 e. The van der Waals surface area contributed by atoms with E-state index in [1.54, 1.807) is 6.07 Å². The molecule has 1 atom stereocenters. The van der Waals surface area contributed by atoms with E-state index in [0.717, 1.165) is 21.4 Å². The molecule has 34 heavy (non-hydrogen) atoms. The Hall–Kier alpha value is -2.36. The number of hydrogen-bond acceptors (Lipinski definition) is 7. The van der Waals surface area contributed by atoms with Crippen LogP contribution in [0.4, 0.5) is 11.8 Å². The molecule has 3 heterocycles. The van der Waals surface area contributed by atoms with E-state index in [1.807, 2.05) is 36.4 Å². The summed E-state index contributed by atoms with van der Waals surface area (Å²) in [7, 11) is 16.8. The zero-order valence-corrected chi connectivity index (χ0v) is 19.7. The maximum absolute atomic E-state index is 12.8. The van der Waals surface area contributed by atoms with Gasteiger partial charge in [-0.3, -0.25) is 4.21 Å². The summed E-state index contributed by atoms with van der Waals surface area (Å²) in [5.74, 6) is 1.70. The van der Waals surface area contributed by atoms with Crippen LogP contribution in [-0.2, 0) is 27.2 Å². The van der Waals surface area contributed by atoms with Crippen LogP contribution in [0, 0.1) is 5.41 Å². The van der Waals surface area contributed by atoms with Crippen LogP contribution in [0.25, 0.3) is 10.9 Å². The summed E-state index contributed by atoms with van der Waals surface area (Å²) < 4.78 is 18.2. The van der Waals surface area contributed by atoms with Gasteiger partial charge in [-0.05, 0) is 23.8 Å². The van der Waals surface area contributed by atoms with Gasteiger partial charge in [0.2, 0.25) is 5.95 Å². The van der Waals surface area contributed by atoms with Crippen molar-refractivity contribution in [2.24, 2.45) is 11.1 Å². The molecule has 1 aromatic heterocycles. The van der Waals surface area contributed by atoms with Gasteiger partial charge in [-0.15, -0.1) is 5.11 Å². The number of fused-ring (bicyclic) bond motifs is 2. The molecule has 1 saturated heterocycles. The van der Waals surface area contributed by atoms with Gasteiger partial charge in [0, 0.05) is 47.6 Å². The Morgan fingerprint density at radius 2 is 1.97 bits per heavy atom. The standard InChI is InChI=1S/C23H24B3N5O2S/c24-23(25,26)16-5-6-18-17(9-16)20(28-12-22(11-27)13-33-14-22)30-21(29-18)31-7-8-34(32)19-4-2-1-3-15(19)10-31/h1-6,9H,7-8,10-14,27H2,(H,28,29,30). The molecule has 0 aliphatic carbocycles. The van der Waals surface area contributed by atoms with E-state index in [0.29, 0.717) is 62.5 Å². The van der Waals surface area contributed by atoms with Gasteiger partial charge in [0.15, 0.2) is 0 Å². The summed E-state index contributed by atoms with van der Waals surface area (Å²) in [6, 6.07) is 13.2. The second-order valence-electron chi connectivity index (χ2n) is 9.17. The van der Waals surface area contributed by atoms with Crippen molar-refractivity contribution < 1.29 is 8.95 Å². The third-order valence-electron chi connectivity index (χ3n) is 6.47. The first-order valence-electron chi connectivity index (χ1n) is 11.2. The Balaban J connectivity index is 1.55. The Bertz CT molecular complexity index is 1240. The third kappa shape index (κ3) is 4.48. The highest BCUT2D eigenvalue weighted by Crippen LogP contribution is 2.31. The van der Waals surface area contributed by atoms with Crippen molar-refractivity contribution in [2.75, 3.05) is 48.8 Å². The number of anilines is 2. The average molecular weight is 467 g/mol. The largest absolute Gasteiger partial charge is 0.380 e. The number of aromatic nitrogens is 2. The zero-order valence-electron chi connectivity index (χ0n) is 18.9. The smallest absolute Gasteiger partial charge is 0.228 e. The fourth-order valence-corrected chi connectivity index (χ4v) is 5.49. The van der Waals surface area contributed by atoms with Gasteiger partial charge in [0.25, 0.3) is 0 Å². The highest BCUT2D eigenvalue weighted by atomic mass is 32.2. The van der Waals surface area contributed by atoms with E-state index < -0.39 is 15.9 Å². The van der Waals surface area contributed by atoms with E-state index in [9.17, 15) is 4.21 Å². The van der Waals surface area contributed by atoms with Crippen LogP contribution in [0.1, 0.15) is 11.1 Å². The third-order valence-corrected chi connectivity index (χ3v) is 7.92. The molecular weight excluding hydrogens is 443 g/mol. The van der Waals surface area contributed by atoms with Gasteiger partial charge in [-0.25, -0.2) is 4.98 Å². The number of benzene rings is 2. The molecule has 168 valence electrons. The lowest BCUT2D eigenvalue weighted by Gasteiger charge is -2.40. The van der Waals surface area contributed by atoms with Crippen molar-refractivity contribution >= 4 is 57.0 Å². The molecule has 11 heteroatoms. The molecule has 5 rings (SSSR count). The predicted octanol–water partition coefficient (Wildman–Crippen LogP) is 0.761. The van der Waals surface area contributed by atoms with Gasteiger partial charge in [-0.2, -0.15) is 4.98 Å². The van der Waals surface area contributed by atoms with E-state index >= 15 is 0 Å². The van der Waals surface area contributed by atoms with Crippen molar-refractivity contribution in [3.63, 3.8) is 0 Å². The van der Waals surface area contributed by atoms with Crippen molar-refractivity contribution in [1.29, 1.82) is 0 Å². The van der Waals surface area contributed by atoms with Crippen LogP contribution in [0.15, 0.2) is 47.4 Å². The average Bonchev–Trinajstić information content (AvgIpc) is 2.96. The SMILES string of the molecule is [B]C([B])([B])c1ccc2nc(N3CCS(=O)c4ccccc4C3)nc(NCC3(CN)COC3)c2c1. The Labute approximate surface area is 205 Å². The summed E-state index contributed by atoms with van der Waals surface area (Å²) in [4.78, 5) is 12.6. The number of nitrogens with one attached hydrogen (secondary N) is 1. The molecule has 1 fully saturated rings. The molecule has 6 radical (unpaired) electrons. The summed E-state index contributed by atoms with van der Waals surface area (Å²) in [6.45, 7) is 3.46. The summed E-state index contributed by atoms with van der Waals surface area (Å²) in [5, 5.41) is 2.74. The van der Waals surface area contributed by atoms with E-state index in [1.165, 1.54) is 0 Å². The van der Waals surface area contributed by atoms with E-state index in [-0.39, 0.29) is 5.41 Å². The number of hydrogen-bond donors (Lipinski definition) is 2. The van der Waals surface area contributed by atoms with Crippen LogP contribution in [-0.4, -0.2) is 76.3 Å². The molecule has 2 aromatic carbocycles. The second-order valence-corrected chi connectivity index (χ2v) is 10.7. The zero-order chi connectivity index (χ0) is 23.9. The molecule has 1 unspecified atom stereocenters. The first-order valence-corrected chi connectivity index (χ1v) is 12.5. The Morgan fingerprint density at radius 1 is 1.18 bits per heavy atom. The van der Waals surface area contributed by atoms with Crippen molar-refractivity contribution in [2.45, 2.75) is 16.6 Å². The molecule has 7 nitrogen and oxygen atoms in total. The molecule has 0 bridgehead atoms. The van der Waals surface area contributed by atoms with Crippen LogP contribution in [0.5, 0.6) is 0 Å². The van der Waals surface area contributed by atoms with Crippen molar-refractivity contribution in [3.8, 4) is 0 Å². The van der Waals surface area contributed by atoms with Gasteiger partial charge < -0.3 is 20.7 Å². The van der Waals surface area contributed by atoms with Crippen molar-refractivity contribution in [3.05, 3.63) is 53.6 Å². The lowest BCUT2D eigenvalue weighted by atomic mass is 9.40. The molecule has 0 saturated carbocycles. The first kappa shape index (κ1) is 23.4. The highest BCUT2D eigenvalue weighted by molar-refractivity contribution is 7.85. The predicted molar refractivity (Wildman–Crippen MR) is 138 cm³/mol. The molecule has 2 aliphatic rings. The minimum absolute atomic E-state index is 0.132. The molecule has 2 aliphatic heterocycles. The fourth-order valence-electron chi connectivity index (χ4n) is 4.23. The fraction of sp³-hybridized carbons (Fsp3) is 0.391. The normalized spacial score (nSPS) is 19.8. The van der Waals surface area contributed by atoms with Gasteiger partial charge in [-0.1, -0.05) is 29.8 Å². The van der Waals surface area contributed by atoms with Crippen LogP contribution < -0.4 is 16.0 Å². The lowest BCUT2D eigenvalue weighted by Crippen LogP contribution is -2.52. The van der Waals surface area contributed by atoms with E-state index in [2.05, 4.69) is 10.2 Å². The molecule has 0 spiro atoms. The second kappa shape index (κ2) is 9.02. The minimum Gasteiger partial charge on any atom is -0.380 e. The first-order chi connectivity index (χ1) is 16.3. The minimum atomic E-state index is -1.48. The lowest BCUT2D eigenvalue weighted by molar-refractivity contribution is -0.0979. The van der Waals surface area contributed by atoms with Crippen LogP contribution in [0.3, 0.4) is 0 Å². The Morgan fingerprint density at radius 3 is 2.68 bits per heavy atom.